The lowest BCUT2D eigenvalue weighted by atomic mass is 10.2. The number of amides is 1. The fraction of sp³-hybridized carbons (Fsp3) is 0.435. The zero-order chi connectivity index (χ0) is 20.2. The van der Waals surface area contributed by atoms with Crippen molar-refractivity contribution in [2.75, 3.05) is 36.8 Å². The van der Waals surface area contributed by atoms with Gasteiger partial charge in [0.05, 0.1) is 0 Å². The lowest BCUT2D eigenvalue weighted by Gasteiger charge is -2.27. The van der Waals surface area contributed by atoms with Crippen LogP contribution in [0.15, 0.2) is 60.7 Å². The second-order valence-corrected chi connectivity index (χ2v) is 7.76. The first kappa shape index (κ1) is 21.6. The molecular weight excluding hydrogens is 350 g/mol. The lowest BCUT2D eigenvalue weighted by molar-refractivity contribution is 0.0249. The molecule has 2 aromatic carbocycles. The summed E-state index contributed by atoms with van der Waals surface area (Å²) < 4.78 is 5.58. The zero-order valence-electron chi connectivity index (χ0n) is 17.3. The Balaban J connectivity index is 1.77. The number of hydrogen-bond acceptors (Lipinski definition) is 4. The lowest BCUT2D eigenvalue weighted by Crippen LogP contribution is -2.39. The van der Waals surface area contributed by atoms with E-state index in [2.05, 4.69) is 10.6 Å². The summed E-state index contributed by atoms with van der Waals surface area (Å²) in [4.78, 5) is 14.4. The summed E-state index contributed by atoms with van der Waals surface area (Å²) in [6, 6.07) is 20.2. The number of anilines is 2. The maximum absolute atomic E-state index is 12.6. The van der Waals surface area contributed by atoms with Crippen LogP contribution in [0.5, 0.6) is 0 Å². The maximum Gasteiger partial charge on any atom is 0.410 e. The SMILES string of the molecule is CC(C)(C)OC(=O)N(CCCNc1ccccc1)CCCNc1ccccc1. The molecule has 2 rings (SSSR count). The van der Waals surface area contributed by atoms with Crippen LogP contribution in [0.1, 0.15) is 33.6 Å². The van der Waals surface area contributed by atoms with Crippen molar-refractivity contribution in [3.05, 3.63) is 60.7 Å². The minimum absolute atomic E-state index is 0.244. The molecule has 0 unspecified atom stereocenters. The molecule has 0 aliphatic rings. The number of rotatable bonds is 10. The smallest absolute Gasteiger partial charge is 0.410 e. The fourth-order valence-electron chi connectivity index (χ4n) is 2.74. The number of nitrogens with one attached hydrogen (secondary N) is 2. The summed E-state index contributed by atoms with van der Waals surface area (Å²) in [5.41, 5.74) is 1.71. The first-order valence-electron chi connectivity index (χ1n) is 10.00. The van der Waals surface area contributed by atoms with Crippen molar-refractivity contribution in [1.82, 2.24) is 4.90 Å². The molecule has 5 nitrogen and oxygen atoms in total. The third kappa shape index (κ3) is 8.80. The highest BCUT2D eigenvalue weighted by atomic mass is 16.6. The van der Waals surface area contributed by atoms with Gasteiger partial charge in [-0.25, -0.2) is 4.79 Å². The van der Waals surface area contributed by atoms with Crippen LogP contribution < -0.4 is 10.6 Å². The normalized spacial score (nSPS) is 11.0. The third-order valence-corrected chi connectivity index (χ3v) is 4.07. The van der Waals surface area contributed by atoms with E-state index in [4.69, 9.17) is 4.74 Å². The number of hydrogen-bond donors (Lipinski definition) is 2. The van der Waals surface area contributed by atoms with Gasteiger partial charge >= 0.3 is 6.09 Å². The predicted octanol–water partition coefficient (Wildman–Crippen LogP) is 5.23. The molecule has 0 fully saturated rings. The predicted molar refractivity (Wildman–Crippen MR) is 117 cm³/mol. The summed E-state index contributed by atoms with van der Waals surface area (Å²) in [6.45, 7) is 8.66. The molecule has 0 radical (unpaired) electrons. The monoisotopic (exact) mass is 383 g/mol. The molecule has 1 amide bonds. The van der Waals surface area contributed by atoms with Crippen molar-refractivity contribution in [1.29, 1.82) is 0 Å². The van der Waals surface area contributed by atoms with Crippen molar-refractivity contribution in [2.45, 2.75) is 39.2 Å². The number of para-hydroxylation sites is 2. The standard InChI is InChI=1S/C23H33N3O2/c1-23(2,3)28-22(27)26(18-10-16-24-20-12-6-4-7-13-20)19-11-17-25-21-14-8-5-9-15-21/h4-9,12-15,24-25H,10-11,16-19H2,1-3H3. The summed E-state index contributed by atoms with van der Waals surface area (Å²) in [6.07, 6.45) is 1.48. The summed E-state index contributed by atoms with van der Waals surface area (Å²) in [7, 11) is 0. The number of carbonyl (C=O) groups is 1. The van der Waals surface area contributed by atoms with E-state index >= 15 is 0 Å². The van der Waals surface area contributed by atoms with Gasteiger partial charge in [-0.15, -0.1) is 0 Å². The molecule has 0 spiro atoms. The van der Waals surface area contributed by atoms with E-state index in [0.717, 1.165) is 37.3 Å². The van der Waals surface area contributed by atoms with Gasteiger partial charge in [-0.3, -0.25) is 0 Å². The number of nitrogens with zero attached hydrogens (tertiary/aromatic N) is 1. The van der Waals surface area contributed by atoms with E-state index in [1.807, 2.05) is 86.3 Å². The molecule has 0 bridgehead atoms. The van der Waals surface area contributed by atoms with Crippen molar-refractivity contribution in [3.8, 4) is 0 Å². The second kappa shape index (κ2) is 11.2. The van der Waals surface area contributed by atoms with E-state index in [1.165, 1.54) is 0 Å². The molecule has 2 aromatic rings. The quantitative estimate of drug-likeness (QED) is 0.552. The largest absolute Gasteiger partial charge is 0.444 e. The highest BCUT2D eigenvalue weighted by Crippen LogP contribution is 2.12. The van der Waals surface area contributed by atoms with Gasteiger partial charge in [-0.05, 0) is 57.9 Å². The summed E-state index contributed by atoms with van der Waals surface area (Å²) in [5, 5.41) is 6.77. The van der Waals surface area contributed by atoms with Crippen molar-refractivity contribution >= 4 is 17.5 Å². The van der Waals surface area contributed by atoms with Crippen LogP contribution in [0.4, 0.5) is 16.2 Å². The van der Waals surface area contributed by atoms with Gasteiger partial charge in [0.25, 0.3) is 0 Å². The molecule has 0 saturated carbocycles. The molecule has 2 N–H and O–H groups in total. The topological polar surface area (TPSA) is 53.6 Å². The molecule has 28 heavy (non-hydrogen) atoms. The van der Waals surface area contributed by atoms with Gasteiger partial charge in [0, 0.05) is 37.6 Å². The molecule has 0 aliphatic heterocycles. The Hall–Kier alpha value is -2.69. The first-order chi connectivity index (χ1) is 13.4. The van der Waals surface area contributed by atoms with E-state index in [9.17, 15) is 4.79 Å². The molecule has 0 aromatic heterocycles. The van der Waals surface area contributed by atoms with Crippen LogP contribution in [0, 0.1) is 0 Å². The summed E-state index contributed by atoms with van der Waals surface area (Å²) >= 11 is 0. The van der Waals surface area contributed by atoms with Gasteiger partial charge in [-0.2, -0.15) is 0 Å². The number of ether oxygens (including phenoxy) is 1. The van der Waals surface area contributed by atoms with Gasteiger partial charge in [0.1, 0.15) is 5.60 Å². The highest BCUT2D eigenvalue weighted by Gasteiger charge is 2.21. The van der Waals surface area contributed by atoms with Gasteiger partial charge in [0.2, 0.25) is 0 Å². The highest BCUT2D eigenvalue weighted by molar-refractivity contribution is 5.68. The summed E-state index contributed by atoms with van der Waals surface area (Å²) in [5.74, 6) is 0. The Morgan fingerprint density at radius 3 is 1.64 bits per heavy atom. The van der Waals surface area contributed by atoms with E-state index in [-0.39, 0.29) is 6.09 Å². The van der Waals surface area contributed by atoms with Crippen LogP contribution in [0.25, 0.3) is 0 Å². The molecule has 0 atom stereocenters. The molecule has 0 heterocycles. The minimum Gasteiger partial charge on any atom is -0.444 e. The van der Waals surface area contributed by atoms with Crippen LogP contribution in [0.3, 0.4) is 0 Å². The Morgan fingerprint density at radius 1 is 0.821 bits per heavy atom. The average Bonchev–Trinajstić information content (AvgIpc) is 2.67. The maximum atomic E-state index is 12.6. The van der Waals surface area contributed by atoms with Crippen LogP contribution in [0.2, 0.25) is 0 Å². The number of carbonyl (C=O) groups excluding carboxylic acids is 1. The Labute approximate surface area is 169 Å². The van der Waals surface area contributed by atoms with Crippen LogP contribution >= 0.6 is 0 Å². The zero-order valence-corrected chi connectivity index (χ0v) is 17.3. The van der Waals surface area contributed by atoms with Crippen molar-refractivity contribution in [2.24, 2.45) is 0 Å². The van der Waals surface area contributed by atoms with Gasteiger partial charge in [-0.1, -0.05) is 36.4 Å². The first-order valence-corrected chi connectivity index (χ1v) is 10.00. The fourth-order valence-corrected chi connectivity index (χ4v) is 2.74. The van der Waals surface area contributed by atoms with E-state index in [0.29, 0.717) is 13.1 Å². The molecular formula is C23H33N3O2. The molecule has 5 heteroatoms. The Bertz CT molecular complexity index is 636. The average molecular weight is 384 g/mol. The van der Waals surface area contributed by atoms with Crippen LogP contribution in [-0.4, -0.2) is 42.8 Å². The van der Waals surface area contributed by atoms with Crippen molar-refractivity contribution in [3.63, 3.8) is 0 Å². The van der Waals surface area contributed by atoms with Crippen molar-refractivity contribution < 1.29 is 9.53 Å². The Kier molecular flexibility index (Phi) is 8.66. The molecule has 0 saturated heterocycles. The van der Waals surface area contributed by atoms with Crippen LogP contribution in [-0.2, 0) is 4.74 Å². The minimum atomic E-state index is -0.486. The number of benzene rings is 2. The van der Waals surface area contributed by atoms with Gasteiger partial charge < -0.3 is 20.3 Å². The van der Waals surface area contributed by atoms with E-state index in [1.54, 1.807) is 0 Å². The van der Waals surface area contributed by atoms with Gasteiger partial charge in [0.15, 0.2) is 0 Å². The second-order valence-electron chi connectivity index (χ2n) is 7.76. The Morgan fingerprint density at radius 2 is 1.25 bits per heavy atom. The third-order valence-electron chi connectivity index (χ3n) is 4.07. The molecule has 0 aliphatic carbocycles. The van der Waals surface area contributed by atoms with E-state index < -0.39 is 5.60 Å². The molecule has 152 valence electrons.